The van der Waals surface area contributed by atoms with Gasteiger partial charge in [-0.3, -0.25) is 4.79 Å². The highest BCUT2D eigenvalue weighted by molar-refractivity contribution is 7.89. The smallest absolute Gasteiger partial charge is 0.255 e. The maximum Gasteiger partial charge on any atom is 0.255 e. The van der Waals surface area contributed by atoms with Crippen LogP contribution in [0.4, 0.5) is 14.5 Å². The topological polar surface area (TPSA) is 97.4 Å². The van der Waals surface area contributed by atoms with E-state index in [9.17, 15) is 22.0 Å². The van der Waals surface area contributed by atoms with E-state index in [4.69, 9.17) is 4.74 Å². The van der Waals surface area contributed by atoms with Crippen molar-refractivity contribution in [3.63, 3.8) is 0 Å². The first kappa shape index (κ1) is 22.1. The average Bonchev–Trinajstić information content (AvgIpc) is 2.75. The van der Waals surface area contributed by atoms with E-state index >= 15 is 0 Å². The monoisotopic (exact) mass is 445 g/mol. The molecule has 10 heteroatoms. The van der Waals surface area contributed by atoms with Crippen molar-refractivity contribution in [2.24, 2.45) is 0 Å². The minimum Gasteiger partial charge on any atom is -0.439 e. The molecule has 1 aromatic heterocycles. The first-order valence-electron chi connectivity index (χ1n) is 8.89. The van der Waals surface area contributed by atoms with Crippen LogP contribution in [0.5, 0.6) is 11.6 Å². The van der Waals surface area contributed by atoms with Crippen LogP contribution in [0.25, 0.3) is 0 Å². The van der Waals surface area contributed by atoms with Crippen molar-refractivity contribution in [3.05, 3.63) is 90.6 Å². The lowest BCUT2D eigenvalue weighted by molar-refractivity contribution is 0.102. The highest BCUT2D eigenvalue weighted by Gasteiger charge is 2.20. The number of aromatic nitrogens is 1. The Labute approximate surface area is 177 Å². The predicted octanol–water partition coefficient (Wildman–Crippen LogP) is 3.87. The summed E-state index contributed by atoms with van der Waals surface area (Å²) in [5.41, 5.74) is 0.238. The molecule has 1 heterocycles. The summed E-state index contributed by atoms with van der Waals surface area (Å²) in [5.74, 6) is -1.44. The lowest BCUT2D eigenvalue weighted by Gasteiger charge is -2.10. The van der Waals surface area contributed by atoms with Gasteiger partial charge in [-0.2, -0.15) is 0 Å². The maximum atomic E-state index is 14.0. The van der Waals surface area contributed by atoms with Gasteiger partial charge in [0.1, 0.15) is 22.3 Å². The second-order valence-corrected chi connectivity index (χ2v) is 7.92. The molecule has 7 nitrogen and oxygen atoms in total. The summed E-state index contributed by atoms with van der Waals surface area (Å²) in [5, 5.41) is 2.54. The first-order valence-corrected chi connectivity index (χ1v) is 10.4. The van der Waals surface area contributed by atoms with Crippen LogP contribution in [-0.4, -0.2) is 25.9 Å². The molecule has 2 N–H and O–H groups in total. The van der Waals surface area contributed by atoms with Crippen molar-refractivity contribution < 1.29 is 26.7 Å². The standard InChI is InChI=1S/C21H17F2N3O4S/c1-2-11-25-31(28,29)19-12-14(3-9-18(19)23)21(27)26-16-6-10-20(24-13-16)30-17-7-4-15(22)5-8-17/h2-10,12-13,25H,1,11H2,(H,26,27). The molecule has 31 heavy (non-hydrogen) atoms. The molecule has 0 atom stereocenters. The molecule has 1 amide bonds. The molecule has 0 spiro atoms. The van der Waals surface area contributed by atoms with Gasteiger partial charge in [-0.25, -0.2) is 26.9 Å². The number of carbonyl (C=O) groups excluding carboxylic acids is 1. The number of anilines is 1. The number of rotatable bonds is 8. The second kappa shape index (κ2) is 9.45. The zero-order valence-corrected chi connectivity index (χ0v) is 16.8. The number of hydrogen-bond acceptors (Lipinski definition) is 5. The molecule has 0 bridgehead atoms. The Balaban J connectivity index is 1.72. The third-order valence-corrected chi connectivity index (χ3v) is 5.37. The largest absolute Gasteiger partial charge is 0.439 e. The predicted molar refractivity (Wildman–Crippen MR) is 110 cm³/mol. The fourth-order valence-corrected chi connectivity index (χ4v) is 3.54. The van der Waals surface area contributed by atoms with E-state index in [2.05, 4.69) is 21.6 Å². The molecule has 0 unspecified atom stereocenters. The van der Waals surface area contributed by atoms with Crippen LogP contribution in [0.15, 0.2) is 78.3 Å². The van der Waals surface area contributed by atoms with Gasteiger partial charge in [0.2, 0.25) is 15.9 Å². The quantitative estimate of drug-likeness (QED) is 0.513. The molecule has 0 saturated carbocycles. The number of benzene rings is 2. The normalized spacial score (nSPS) is 11.0. The Morgan fingerprint density at radius 3 is 2.48 bits per heavy atom. The fraction of sp³-hybridized carbons (Fsp3) is 0.0476. The van der Waals surface area contributed by atoms with Crippen molar-refractivity contribution in [3.8, 4) is 11.6 Å². The second-order valence-electron chi connectivity index (χ2n) is 6.18. The summed E-state index contributed by atoms with van der Waals surface area (Å²) in [6.07, 6.45) is 2.63. The minimum atomic E-state index is -4.15. The van der Waals surface area contributed by atoms with E-state index in [-0.39, 0.29) is 18.0 Å². The average molecular weight is 445 g/mol. The van der Waals surface area contributed by atoms with Crippen LogP contribution in [0.1, 0.15) is 10.4 Å². The van der Waals surface area contributed by atoms with Gasteiger partial charge >= 0.3 is 0 Å². The summed E-state index contributed by atoms with van der Waals surface area (Å²) in [6.45, 7) is 3.30. The van der Waals surface area contributed by atoms with E-state index in [0.29, 0.717) is 11.4 Å². The zero-order valence-electron chi connectivity index (χ0n) is 16.0. The number of carbonyl (C=O) groups is 1. The number of halogens is 2. The Hall–Kier alpha value is -3.63. The molecule has 0 aliphatic rings. The van der Waals surface area contributed by atoms with E-state index in [1.807, 2.05) is 0 Å². The summed E-state index contributed by atoms with van der Waals surface area (Å²) < 4.78 is 58.9. The van der Waals surface area contributed by atoms with Crippen LogP contribution >= 0.6 is 0 Å². The van der Waals surface area contributed by atoms with E-state index in [0.717, 1.165) is 18.2 Å². The molecule has 2 aromatic carbocycles. The Bertz CT molecular complexity index is 1200. The van der Waals surface area contributed by atoms with Crippen LogP contribution in [0.2, 0.25) is 0 Å². The number of sulfonamides is 1. The van der Waals surface area contributed by atoms with Crippen molar-refractivity contribution in [1.82, 2.24) is 9.71 Å². The Kier molecular flexibility index (Phi) is 6.73. The number of hydrogen-bond donors (Lipinski definition) is 2. The molecule has 0 fully saturated rings. The molecule has 160 valence electrons. The minimum absolute atomic E-state index is 0.0629. The van der Waals surface area contributed by atoms with Gasteiger partial charge in [0, 0.05) is 18.2 Å². The van der Waals surface area contributed by atoms with Crippen molar-refractivity contribution in [1.29, 1.82) is 0 Å². The fourth-order valence-electron chi connectivity index (χ4n) is 2.44. The molecule has 0 aliphatic heterocycles. The zero-order chi connectivity index (χ0) is 22.4. The van der Waals surface area contributed by atoms with Gasteiger partial charge in [0.25, 0.3) is 5.91 Å². The Morgan fingerprint density at radius 2 is 1.84 bits per heavy atom. The summed E-state index contributed by atoms with van der Waals surface area (Å²) in [6, 6.07) is 11.4. The van der Waals surface area contributed by atoms with Crippen molar-refractivity contribution in [2.45, 2.75) is 4.90 Å². The van der Waals surface area contributed by atoms with Gasteiger partial charge in [-0.1, -0.05) is 6.08 Å². The highest BCUT2D eigenvalue weighted by atomic mass is 32.2. The van der Waals surface area contributed by atoms with Gasteiger partial charge in [-0.15, -0.1) is 6.58 Å². The number of nitrogens with zero attached hydrogens (tertiary/aromatic N) is 1. The number of pyridine rings is 1. The summed E-state index contributed by atoms with van der Waals surface area (Å²) in [7, 11) is -4.15. The van der Waals surface area contributed by atoms with Gasteiger partial charge in [0.15, 0.2) is 0 Å². The highest BCUT2D eigenvalue weighted by Crippen LogP contribution is 2.21. The number of amides is 1. The van der Waals surface area contributed by atoms with Crippen LogP contribution in [-0.2, 0) is 10.0 Å². The SMILES string of the molecule is C=CCNS(=O)(=O)c1cc(C(=O)Nc2ccc(Oc3ccc(F)cc3)nc2)ccc1F. The summed E-state index contributed by atoms with van der Waals surface area (Å²) in [4.78, 5) is 15.9. The maximum absolute atomic E-state index is 14.0. The third kappa shape index (κ3) is 5.71. The van der Waals surface area contributed by atoms with E-state index in [1.54, 1.807) is 0 Å². The molecular weight excluding hydrogens is 428 g/mol. The number of nitrogens with one attached hydrogen (secondary N) is 2. The van der Waals surface area contributed by atoms with Crippen molar-refractivity contribution >= 4 is 21.6 Å². The molecule has 0 radical (unpaired) electrons. The number of ether oxygens (including phenoxy) is 1. The van der Waals surface area contributed by atoms with Gasteiger partial charge in [0.05, 0.1) is 11.9 Å². The van der Waals surface area contributed by atoms with Crippen LogP contribution < -0.4 is 14.8 Å². The molecular formula is C21H17F2N3O4S. The molecule has 0 saturated heterocycles. The van der Waals surface area contributed by atoms with E-state index < -0.39 is 32.5 Å². The molecule has 3 aromatic rings. The van der Waals surface area contributed by atoms with Crippen LogP contribution in [0.3, 0.4) is 0 Å². The Morgan fingerprint density at radius 1 is 1.10 bits per heavy atom. The molecule has 3 rings (SSSR count). The molecule has 0 aliphatic carbocycles. The first-order chi connectivity index (χ1) is 14.8. The summed E-state index contributed by atoms with van der Waals surface area (Å²) >= 11 is 0. The van der Waals surface area contributed by atoms with Gasteiger partial charge in [-0.05, 0) is 48.5 Å². The third-order valence-electron chi connectivity index (χ3n) is 3.93. The lowest BCUT2D eigenvalue weighted by Crippen LogP contribution is -2.25. The van der Waals surface area contributed by atoms with Gasteiger partial charge < -0.3 is 10.1 Å². The lowest BCUT2D eigenvalue weighted by atomic mass is 10.2. The van der Waals surface area contributed by atoms with E-state index in [1.165, 1.54) is 48.7 Å². The van der Waals surface area contributed by atoms with Crippen molar-refractivity contribution in [2.75, 3.05) is 11.9 Å². The van der Waals surface area contributed by atoms with Crippen LogP contribution in [0, 0.1) is 11.6 Å².